The van der Waals surface area contributed by atoms with Crippen molar-refractivity contribution in [3.63, 3.8) is 0 Å². The summed E-state index contributed by atoms with van der Waals surface area (Å²) in [6.07, 6.45) is 1.21. The van der Waals surface area contributed by atoms with Gasteiger partial charge in [0.15, 0.2) is 0 Å². The number of halogens is 1. The molecule has 0 aliphatic carbocycles. The van der Waals surface area contributed by atoms with Crippen molar-refractivity contribution in [3.05, 3.63) is 34.3 Å². The molecule has 0 bridgehead atoms. The fourth-order valence-corrected chi connectivity index (χ4v) is 2.70. The molecule has 0 saturated heterocycles. The van der Waals surface area contributed by atoms with Crippen LogP contribution in [0.25, 0.3) is 0 Å². The molecule has 1 aromatic carbocycles. The predicted octanol–water partition coefficient (Wildman–Crippen LogP) is 4.27. The van der Waals surface area contributed by atoms with Crippen LogP contribution in [0.5, 0.6) is 0 Å². The molecule has 0 radical (unpaired) electrons. The van der Waals surface area contributed by atoms with E-state index in [-0.39, 0.29) is 0 Å². The third kappa shape index (κ3) is 5.80. The van der Waals surface area contributed by atoms with Crippen molar-refractivity contribution < 1.29 is 0 Å². The Kier molecular flexibility index (Phi) is 7.02. The minimum absolute atomic E-state index is 0.548. The average molecular weight is 272 g/mol. The highest BCUT2D eigenvalue weighted by Crippen LogP contribution is 2.17. The van der Waals surface area contributed by atoms with Gasteiger partial charge in [0, 0.05) is 17.6 Å². The molecular weight excluding hydrogens is 250 g/mol. The lowest BCUT2D eigenvalue weighted by Gasteiger charge is -2.14. The molecule has 0 aromatic heterocycles. The summed E-state index contributed by atoms with van der Waals surface area (Å²) in [6, 6.07) is 6.79. The molecule has 0 aliphatic heterocycles. The molecule has 1 aromatic rings. The van der Waals surface area contributed by atoms with Gasteiger partial charge < -0.3 is 5.32 Å². The number of thioether (sulfide) groups is 1. The lowest BCUT2D eigenvalue weighted by atomic mass is 10.1. The second-order valence-electron chi connectivity index (χ2n) is 4.36. The monoisotopic (exact) mass is 271 g/mol. The highest BCUT2D eigenvalue weighted by molar-refractivity contribution is 7.99. The van der Waals surface area contributed by atoms with E-state index >= 15 is 0 Å². The summed E-state index contributed by atoms with van der Waals surface area (Å²) in [5.74, 6) is 2.43. The first-order chi connectivity index (χ1) is 8.13. The zero-order valence-electron chi connectivity index (χ0n) is 10.9. The number of rotatable bonds is 7. The van der Waals surface area contributed by atoms with Crippen LogP contribution in [0.15, 0.2) is 18.2 Å². The highest BCUT2D eigenvalue weighted by Gasteiger charge is 2.04. The Labute approximate surface area is 114 Å². The van der Waals surface area contributed by atoms with Crippen molar-refractivity contribution in [2.24, 2.45) is 0 Å². The van der Waals surface area contributed by atoms with Crippen molar-refractivity contribution in [3.8, 4) is 0 Å². The number of benzene rings is 1. The zero-order valence-corrected chi connectivity index (χ0v) is 12.5. The fourth-order valence-electron chi connectivity index (χ4n) is 1.59. The molecule has 0 fully saturated rings. The predicted molar refractivity (Wildman–Crippen MR) is 80.1 cm³/mol. The summed E-state index contributed by atoms with van der Waals surface area (Å²) in [5, 5.41) is 4.39. The minimum Gasteiger partial charge on any atom is -0.310 e. The Morgan fingerprint density at radius 2 is 2.18 bits per heavy atom. The number of aryl methyl sites for hydroxylation is 1. The van der Waals surface area contributed by atoms with Gasteiger partial charge in [0.25, 0.3) is 0 Å². The lowest BCUT2D eigenvalue weighted by molar-refractivity contribution is 0.537. The summed E-state index contributed by atoms with van der Waals surface area (Å²) in [4.78, 5) is 0. The van der Waals surface area contributed by atoms with Gasteiger partial charge in [-0.1, -0.05) is 30.7 Å². The number of hydrogen-bond acceptors (Lipinski definition) is 2. The number of nitrogens with one attached hydrogen (secondary N) is 1. The van der Waals surface area contributed by atoms with Crippen LogP contribution in [-0.2, 0) is 6.54 Å². The quantitative estimate of drug-likeness (QED) is 0.744. The molecule has 0 heterocycles. The Hall–Kier alpha value is -0.180. The van der Waals surface area contributed by atoms with Gasteiger partial charge >= 0.3 is 0 Å². The maximum absolute atomic E-state index is 6.20. The van der Waals surface area contributed by atoms with Crippen LogP contribution in [0.1, 0.15) is 31.4 Å². The number of hydrogen-bond donors (Lipinski definition) is 1. The van der Waals surface area contributed by atoms with Crippen molar-refractivity contribution in [1.82, 2.24) is 5.32 Å². The minimum atomic E-state index is 0.548. The Morgan fingerprint density at radius 3 is 2.82 bits per heavy atom. The second kappa shape index (κ2) is 8.02. The van der Waals surface area contributed by atoms with E-state index in [1.54, 1.807) is 0 Å². The topological polar surface area (TPSA) is 12.0 Å². The molecular formula is C14H22ClNS. The van der Waals surface area contributed by atoms with Gasteiger partial charge in [-0.25, -0.2) is 0 Å². The molecule has 1 rings (SSSR count). The van der Waals surface area contributed by atoms with E-state index in [1.165, 1.54) is 29.1 Å². The van der Waals surface area contributed by atoms with Gasteiger partial charge in [-0.2, -0.15) is 11.8 Å². The zero-order chi connectivity index (χ0) is 12.7. The van der Waals surface area contributed by atoms with Crippen LogP contribution in [0.2, 0.25) is 5.02 Å². The lowest BCUT2D eigenvalue weighted by Crippen LogP contribution is -2.26. The summed E-state index contributed by atoms with van der Waals surface area (Å²) in [5.41, 5.74) is 2.40. The van der Waals surface area contributed by atoms with Crippen molar-refractivity contribution in [1.29, 1.82) is 0 Å². The molecule has 3 heteroatoms. The third-order valence-electron chi connectivity index (χ3n) is 2.75. The van der Waals surface area contributed by atoms with Gasteiger partial charge in [-0.05, 0) is 49.0 Å². The average Bonchev–Trinajstić information content (AvgIpc) is 2.28. The largest absolute Gasteiger partial charge is 0.310 e. The normalized spacial score (nSPS) is 12.7. The SMILES string of the molecule is CCSCCC(C)NCc1ccc(C)cc1Cl. The van der Waals surface area contributed by atoms with E-state index in [0.717, 1.165) is 11.6 Å². The van der Waals surface area contributed by atoms with Gasteiger partial charge in [0.2, 0.25) is 0 Å². The first-order valence-corrected chi connectivity index (χ1v) is 7.73. The first kappa shape index (κ1) is 14.9. The molecule has 0 saturated carbocycles. The van der Waals surface area contributed by atoms with Gasteiger partial charge in [-0.3, -0.25) is 0 Å². The van der Waals surface area contributed by atoms with E-state index in [9.17, 15) is 0 Å². The van der Waals surface area contributed by atoms with Crippen LogP contribution >= 0.6 is 23.4 Å². The second-order valence-corrected chi connectivity index (χ2v) is 6.16. The molecule has 17 heavy (non-hydrogen) atoms. The first-order valence-electron chi connectivity index (χ1n) is 6.19. The Morgan fingerprint density at radius 1 is 1.41 bits per heavy atom. The molecule has 0 amide bonds. The van der Waals surface area contributed by atoms with Crippen molar-refractivity contribution in [2.45, 2.75) is 39.8 Å². The smallest absolute Gasteiger partial charge is 0.0453 e. The Bertz CT molecular complexity index is 341. The third-order valence-corrected chi connectivity index (χ3v) is 4.03. The summed E-state index contributed by atoms with van der Waals surface area (Å²) in [7, 11) is 0. The van der Waals surface area contributed by atoms with Crippen molar-refractivity contribution in [2.75, 3.05) is 11.5 Å². The summed E-state index contributed by atoms with van der Waals surface area (Å²) in [6.45, 7) is 7.36. The van der Waals surface area contributed by atoms with E-state index in [1.807, 2.05) is 17.8 Å². The fraction of sp³-hybridized carbons (Fsp3) is 0.571. The molecule has 0 spiro atoms. The summed E-state index contributed by atoms with van der Waals surface area (Å²) < 4.78 is 0. The molecule has 0 aliphatic rings. The highest BCUT2D eigenvalue weighted by atomic mass is 35.5. The van der Waals surface area contributed by atoms with E-state index < -0.39 is 0 Å². The molecule has 1 N–H and O–H groups in total. The van der Waals surface area contributed by atoms with E-state index in [2.05, 4.69) is 38.2 Å². The summed E-state index contributed by atoms with van der Waals surface area (Å²) >= 11 is 8.19. The van der Waals surface area contributed by atoms with Crippen LogP contribution in [0, 0.1) is 6.92 Å². The molecule has 96 valence electrons. The maximum atomic E-state index is 6.20. The van der Waals surface area contributed by atoms with Crippen LogP contribution in [0.3, 0.4) is 0 Å². The van der Waals surface area contributed by atoms with Gasteiger partial charge in [-0.15, -0.1) is 0 Å². The van der Waals surface area contributed by atoms with E-state index in [4.69, 9.17) is 11.6 Å². The van der Waals surface area contributed by atoms with Crippen LogP contribution in [-0.4, -0.2) is 17.5 Å². The van der Waals surface area contributed by atoms with Gasteiger partial charge in [0.1, 0.15) is 0 Å². The van der Waals surface area contributed by atoms with Crippen LogP contribution < -0.4 is 5.32 Å². The Balaban J connectivity index is 2.34. The van der Waals surface area contributed by atoms with Crippen LogP contribution in [0.4, 0.5) is 0 Å². The van der Waals surface area contributed by atoms with Crippen molar-refractivity contribution >= 4 is 23.4 Å². The standard InChI is InChI=1S/C14H22ClNS/c1-4-17-8-7-12(3)16-10-13-6-5-11(2)9-14(13)15/h5-6,9,12,16H,4,7-8,10H2,1-3H3. The maximum Gasteiger partial charge on any atom is 0.0453 e. The van der Waals surface area contributed by atoms with E-state index in [0.29, 0.717) is 6.04 Å². The molecule has 1 unspecified atom stereocenters. The molecule has 1 atom stereocenters. The molecule has 1 nitrogen and oxygen atoms in total. The van der Waals surface area contributed by atoms with Gasteiger partial charge in [0.05, 0.1) is 0 Å².